The van der Waals surface area contributed by atoms with Crippen LogP contribution in [-0.2, 0) is 10.0 Å². The number of anilines is 1. The van der Waals surface area contributed by atoms with Crippen LogP contribution in [-0.4, -0.2) is 15.0 Å². The Bertz CT molecular complexity index is 749. The number of hydrogen-bond acceptors (Lipinski definition) is 4. The van der Waals surface area contributed by atoms with Gasteiger partial charge in [-0.3, -0.25) is 4.72 Å². The van der Waals surface area contributed by atoms with Crippen molar-refractivity contribution >= 4 is 43.0 Å². The van der Waals surface area contributed by atoms with Crippen LogP contribution >= 0.6 is 27.3 Å². The van der Waals surface area contributed by atoms with E-state index < -0.39 is 28.2 Å². The molecule has 1 heterocycles. The molecule has 0 fully saturated rings. The van der Waals surface area contributed by atoms with E-state index in [1.165, 1.54) is 0 Å². The SMILES string of the molecule is O=S(=O)(Nc1ccc(OC(F)F)c(F)c1)c1sccc1Br. The number of nitrogens with one attached hydrogen (secondary N) is 1. The second-order valence-electron chi connectivity index (χ2n) is 3.69. The van der Waals surface area contributed by atoms with Crippen LogP contribution in [0.1, 0.15) is 0 Å². The van der Waals surface area contributed by atoms with Gasteiger partial charge in [-0.2, -0.15) is 8.78 Å². The molecule has 0 aliphatic carbocycles. The summed E-state index contributed by atoms with van der Waals surface area (Å²) in [4.78, 5) is 0. The molecule has 1 aromatic carbocycles. The summed E-state index contributed by atoms with van der Waals surface area (Å²) >= 11 is 4.06. The molecule has 2 aromatic rings. The number of alkyl halides is 2. The number of ether oxygens (including phenoxy) is 1. The lowest BCUT2D eigenvalue weighted by Crippen LogP contribution is -2.12. The van der Waals surface area contributed by atoms with Gasteiger partial charge in [-0.05, 0) is 39.5 Å². The molecule has 10 heteroatoms. The minimum Gasteiger partial charge on any atom is -0.432 e. The van der Waals surface area contributed by atoms with E-state index in [1.807, 2.05) is 0 Å². The van der Waals surface area contributed by atoms with Crippen molar-refractivity contribution in [1.29, 1.82) is 0 Å². The first-order valence-electron chi connectivity index (χ1n) is 5.30. The minimum absolute atomic E-state index is 0.0239. The molecule has 0 aliphatic rings. The number of halogens is 4. The summed E-state index contributed by atoms with van der Waals surface area (Å²) in [5.41, 5.74) is -0.102. The molecule has 0 unspecified atom stereocenters. The predicted molar refractivity (Wildman–Crippen MR) is 75.9 cm³/mol. The molecule has 0 saturated heterocycles. The van der Waals surface area contributed by atoms with Gasteiger partial charge in [0.1, 0.15) is 0 Å². The molecule has 0 atom stereocenters. The molecule has 0 radical (unpaired) electrons. The van der Waals surface area contributed by atoms with Crippen molar-refractivity contribution in [3.63, 3.8) is 0 Å². The molecule has 21 heavy (non-hydrogen) atoms. The highest BCUT2D eigenvalue weighted by atomic mass is 79.9. The predicted octanol–water partition coefficient (Wildman–Crippen LogP) is 4.05. The largest absolute Gasteiger partial charge is 0.432 e. The minimum atomic E-state index is -3.89. The average Bonchev–Trinajstić information content (AvgIpc) is 2.79. The monoisotopic (exact) mass is 401 g/mol. The summed E-state index contributed by atoms with van der Waals surface area (Å²) < 4.78 is 68.1. The van der Waals surface area contributed by atoms with Gasteiger partial charge in [0.25, 0.3) is 10.0 Å². The molecule has 1 N–H and O–H groups in total. The zero-order valence-electron chi connectivity index (χ0n) is 10.0. The summed E-state index contributed by atoms with van der Waals surface area (Å²) in [6, 6.07) is 4.36. The van der Waals surface area contributed by atoms with Crippen LogP contribution in [0.4, 0.5) is 18.9 Å². The van der Waals surface area contributed by atoms with Crippen LogP contribution in [0.15, 0.2) is 38.3 Å². The summed E-state index contributed by atoms with van der Waals surface area (Å²) in [5, 5.41) is 1.57. The van der Waals surface area contributed by atoms with Crippen LogP contribution in [0.3, 0.4) is 0 Å². The quantitative estimate of drug-likeness (QED) is 0.821. The van der Waals surface area contributed by atoms with Crippen molar-refractivity contribution in [3.05, 3.63) is 39.9 Å². The Morgan fingerprint density at radius 2 is 2.00 bits per heavy atom. The van der Waals surface area contributed by atoms with Gasteiger partial charge in [0.15, 0.2) is 15.8 Å². The Morgan fingerprint density at radius 1 is 1.29 bits per heavy atom. The van der Waals surface area contributed by atoms with Gasteiger partial charge in [0.05, 0.1) is 5.69 Å². The number of sulfonamides is 1. The van der Waals surface area contributed by atoms with E-state index in [0.717, 1.165) is 29.5 Å². The molecule has 1 aromatic heterocycles. The normalized spacial score (nSPS) is 11.7. The lowest BCUT2D eigenvalue weighted by molar-refractivity contribution is -0.0521. The standard InChI is InChI=1S/C11H7BrF3NO3S2/c12-7-3-4-20-10(7)21(17,18)16-6-1-2-9(8(13)5-6)19-11(14)15/h1-5,11,16H. The molecular weight excluding hydrogens is 395 g/mol. The van der Waals surface area contributed by atoms with E-state index in [2.05, 4.69) is 25.4 Å². The van der Waals surface area contributed by atoms with Crippen LogP contribution < -0.4 is 9.46 Å². The third-order valence-corrected chi connectivity index (χ3v) is 6.28. The fraction of sp³-hybridized carbons (Fsp3) is 0.0909. The molecule has 0 saturated carbocycles. The number of rotatable bonds is 5. The molecule has 0 spiro atoms. The summed E-state index contributed by atoms with van der Waals surface area (Å²) in [7, 11) is -3.89. The molecule has 0 aliphatic heterocycles. The second kappa shape index (κ2) is 6.24. The maximum atomic E-state index is 13.5. The Hall–Kier alpha value is -1.26. The van der Waals surface area contributed by atoms with Gasteiger partial charge in [-0.15, -0.1) is 11.3 Å². The topological polar surface area (TPSA) is 55.4 Å². The van der Waals surface area contributed by atoms with Crippen molar-refractivity contribution in [3.8, 4) is 5.75 Å². The fourth-order valence-electron chi connectivity index (χ4n) is 1.43. The number of thiophene rings is 1. The van der Waals surface area contributed by atoms with E-state index in [4.69, 9.17) is 0 Å². The molecule has 0 amide bonds. The fourth-order valence-corrected chi connectivity index (χ4v) is 4.82. The van der Waals surface area contributed by atoms with Crippen LogP contribution in [0.2, 0.25) is 0 Å². The smallest absolute Gasteiger partial charge is 0.387 e. The zero-order valence-corrected chi connectivity index (χ0v) is 13.2. The highest BCUT2D eigenvalue weighted by molar-refractivity contribution is 9.10. The molecule has 0 bridgehead atoms. The van der Waals surface area contributed by atoms with Crippen molar-refractivity contribution < 1.29 is 26.3 Å². The van der Waals surface area contributed by atoms with E-state index in [0.29, 0.717) is 4.47 Å². The van der Waals surface area contributed by atoms with Crippen molar-refractivity contribution in [2.45, 2.75) is 10.8 Å². The van der Waals surface area contributed by atoms with Crippen LogP contribution in [0.25, 0.3) is 0 Å². The van der Waals surface area contributed by atoms with Gasteiger partial charge in [-0.25, -0.2) is 12.8 Å². The first-order chi connectivity index (χ1) is 9.79. The lowest BCUT2D eigenvalue weighted by Gasteiger charge is -2.09. The van der Waals surface area contributed by atoms with Crippen molar-refractivity contribution in [2.75, 3.05) is 4.72 Å². The summed E-state index contributed by atoms with van der Waals surface area (Å²) in [6.45, 7) is -3.16. The summed E-state index contributed by atoms with van der Waals surface area (Å²) in [5.74, 6) is -1.76. The first kappa shape index (κ1) is 16.1. The number of hydrogen-bond donors (Lipinski definition) is 1. The van der Waals surface area contributed by atoms with E-state index >= 15 is 0 Å². The third-order valence-electron chi connectivity index (χ3n) is 2.23. The van der Waals surface area contributed by atoms with Crippen LogP contribution in [0.5, 0.6) is 5.75 Å². The Balaban J connectivity index is 2.24. The Morgan fingerprint density at radius 3 is 2.52 bits per heavy atom. The van der Waals surface area contributed by atoms with Crippen LogP contribution in [0, 0.1) is 5.82 Å². The average molecular weight is 402 g/mol. The van der Waals surface area contributed by atoms with Gasteiger partial charge in [-0.1, -0.05) is 0 Å². The second-order valence-corrected chi connectivity index (χ2v) is 7.33. The Labute approximate surface area is 130 Å². The molecular formula is C11H7BrF3NO3S2. The highest BCUT2D eigenvalue weighted by Gasteiger charge is 2.20. The van der Waals surface area contributed by atoms with E-state index in [-0.39, 0.29) is 9.90 Å². The molecule has 4 nitrogen and oxygen atoms in total. The van der Waals surface area contributed by atoms with Gasteiger partial charge < -0.3 is 4.74 Å². The van der Waals surface area contributed by atoms with Gasteiger partial charge in [0.2, 0.25) is 0 Å². The van der Waals surface area contributed by atoms with Crippen molar-refractivity contribution in [1.82, 2.24) is 0 Å². The Kier molecular flexibility index (Phi) is 4.79. The third kappa shape index (κ3) is 3.89. The zero-order chi connectivity index (χ0) is 15.6. The van der Waals surface area contributed by atoms with E-state index in [1.54, 1.807) is 11.4 Å². The van der Waals surface area contributed by atoms with Crippen molar-refractivity contribution in [2.24, 2.45) is 0 Å². The first-order valence-corrected chi connectivity index (χ1v) is 8.45. The summed E-state index contributed by atoms with van der Waals surface area (Å²) in [6.07, 6.45) is 0. The lowest BCUT2D eigenvalue weighted by atomic mass is 10.3. The maximum absolute atomic E-state index is 13.5. The number of benzene rings is 1. The maximum Gasteiger partial charge on any atom is 0.387 e. The van der Waals surface area contributed by atoms with Gasteiger partial charge >= 0.3 is 6.61 Å². The highest BCUT2D eigenvalue weighted by Crippen LogP contribution is 2.30. The molecule has 2 rings (SSSR count). The molecule has 114 valence electrons. The van der Waals surface area contributed by atoms with E-state index in [9.17, 15) is 21.6 Å². The van der Waals surface area contributed by atoms with Gasteiger partial charge in [0, 0.05) is 10.5 Å².